The molecule has 3 aromatic rings. The minimum absolute atomic E-state index is 0.142. The van der Waals surface area contributed by atoms with Crippen LogP contribution in [0.25, 0.3) is 0 Å². The number of anilines is 3. The van der Waals surface area contributed by atoms with E-state index in [1.165, 1.54) is 0 Å². The summed E-state index contributed by atoms with van der Waals surface area (Å²) in [5.41, 5.74) is 0.698. The molecule has 0 saturated carbocycles. The quantitative estimate of drug-likeness (QED) is 0.598. The van der Waals surface area contributed by atoms with Crippen LogP contribution in [0, 0.1) is 6.92 Å². The molecule has 0 fully saturated rings. The zero-order valence-electron chi connectivity index (χ0n) is 16.3. The molecule has 8 heteroatoms. The van der Waals surface area contributed by atoms with Gasteiger partial charge in [0, 0.05) is 24.2 Å². The molecule has 0 saturated heterocycles. The van der Waals surface area contributed by atoms with Crippen LogP contribution >= 0.6 is 11.6 Å². The van der Waals surface area contributed by atoms with Crippen molar-refractivity contribution in [1.29, 1.82) is 0 Å². The summed E-state index contributed by atoms with van der Waals surface area (Å²) in [6.45, 7) is 4.19. The Kier molecular flexibility index (Phi) is 4.70. The smallest absolute Gasteiger partial charge is 0.256 e. The summed E-state index contributed by atoms with van der Waals surface area (Å²) < 4.78 is 5.65. The van der Waals surface area contributed by atoms with Crippen LogP contribution in [0.2, 0.25) is 5.02 Å². The highest BCUT2D eigenvalue weighted by Crippen LogP contribution is 2.36. The highest BCUT2D eigenvalue weighted by atomic mass is 35.5. The van der Waals surface area contributed by atoms with Crippen molar-refractivity contribution in [3.05, 3.63) is 72.4 Å². The number of nitrogens with one attached hydrogen (secondary N) is 2. The molecule has 0 radical (unpaired) electrons. The Morgan fingerprint density at radius 2 is 1.86 bits per heavy atom. The van der Waals surface area contributed by atoms with E-state index in [0.717, 1.165) is 5.76 Å². The lowest BCUT2D eigenvalue weighted by molar-refractivity contribution is 0.0817. The van der Waals surface area contributed by atoms with Gasteiger partial charge in [-0.15, -0.1) is 0 Å². The number of carbonyl (C=O) groups is 1. The van der Waals surface area contributed by atoms with E-state index in [-0.39, 0.29) is 23.3 Å². The fraction of sp³-hybridized carbons (Fsp3) is 0.286. The van der Waals surface area contributed by atoms with Crippen molar-refractivity contribution in [3.8, 4) is 0 Å². The molecule has 0 unspecified atom stereocenters. The molecule has 1 aliphatic heterocycles. The van der Waals surface area contributed by atoms with Crippen molar-refractivity contribution < 1.29 is 9.21 Å². The Hall–Kier alpha value is -3.06. The van der Waals surface area contributed by atoms with Crippen molar-refractivity contribution in [1.82, 2.24) is 4.90 Å². The van der Waals surface area contributed by atoms with Crippen LogP contribution in [-0.4, -0.2) is 17.9 Å². The molecule has 2 aromatic carbocycles. The summed E-state index contributed by atoms with van der Waals surface area (Å²) >= 11 is 6.23. The third-order valence-electron chi connectivity index (χ3n) is 5.21. The molecule has 1 aliphatic rings. The van der Waals surface area contributed by atoms with Gasteiger partial charge in [0.1, 0.15) is 22.9 Å². The van der Waals surface area contributed by atoms with Crippen LogP contribution in [0.1, 0.15) is 46.8 Å². The molecule has 150 valence electrons. The molecule has 1 aromatic heterocycles. The second-order valence-corrected chi connectivity index (χ2v) is 7.60. The third-order valence-corrected chi connectivity index (χ3v) is 5.57. The standard InChI is InChI=1S/C21H20ClN3O4/c1-4-13(15-8-5-10(2)29-15)23-17-18(20(27)19(17)26)24-14-7-6-12(22)11-9-25(3)21(28)16(11)14/h5-8,13,23-24H,4,9H2,1-3H3/t13-/m1/s1. The van der Waals surface area contributed by atoms with Crippen molar-refractivity contribution in [2.24, 2.45) is 0 Å². The maximum Gasteiger partial charge on any atom is 0.256 e. The van der Waals surface area contributed by atoms with Gasteiger partial charge < -0.3 is 20.0 Å². The highest BCUT2D eigenvalue weighted by Gasteiger charge is 2.31. The molecule has 4 rings (SSSR count). The molecule has 0 aliphatic carbocycles. The third kappa shape index (κ3) is 3.11. The fourth-order valence-corrected chi connectivity index (χ4v) is 3.82. The first kappa shape index (κ1) is 19.3. The van der Waals surface area contributed by atoms with Gasteiger partial charge in [0.15, 0.2) is 0 Å². The topological polar surface area (TPSA) is 91.6 Å². The second kappa shape index (κ2) is 7.08. The lowest BCUT2D eigenvalue weighted by Crippen LogP contribution is -2.37. The van der Waals surface area contributed by atoms with Crippen LogP contribution in [0.5, 0.6) is 0 Å². The van der Waals surface area contributed by atoms with Crippen molar-refractivity contribution in [2.45, 2.75) is 32.9 Å². The molecular weight excluding hydrogens is 394 g/mol. The molecule has 2 N–H and O–H groups in total. The first-order valence-electron chi connectivity index (χ1n) is 9.31. The predicted octanol–water partition coefficient (Wildman–Crippen LogP) is 3.73. The first-order valence-corrected chi connectivity index (χ1v) is 9.69. The number of benzene rings is 1. The summed E-state index contributed by atoms with van der Waals surface area (Å²) in [6, 6.07) is 6.76. The molecule has 1 amide bonds. The Balaban J connectivity index is 1.67. The Morgan fingerprint density at radius 1 is 1.14 bits per heavy atom. The Bertz CT molecular complexity index is 1190. The molecule has 2 heterocycles. The number of amides is 1. The van der Waals surface area contributed by atoms with E-state index in [9.17, 15) is 14.4 Å². The van der Waals surface area contributed by atoms with Crippen LogP contribution < -0.4 is 21.5 Å². The molecule has 29 heavy (non-hydrogen) atoms. The monoisotopic (exact) mass is 413 g/mol. The van der Waals surface area contributed by atoms with Gasteiger partial charge in [-0.25, -0.2) is 0 Å². The summed E-state index contributed by atoms with van der Waals surface area (Å²) in [5, 5.41) is 6.59. The summed E-state index contributed by atoms with van der Waals surface area (Å²) in [7, 11) is 1.68. The predicted molar refractivity (Wildman–Crippen MR) is 112 cm³/mol. The van der Waals surface area contributed by atoms with Gasteiger partial charge in [-0.3, -0.25) is 14.4 Å². The van der Waals surface area contributed by atoms with Gasteiger partial charge in [-0.2, -0.15) is 0 Å². The SMILES string of the molecule is CC[C@@H](Nc1c(Nc2ccc(Cl)c3c2C(=O)N(C)C3)c(=O)c1=O)c1ccc(C)o1. The van der Waals surface area contributed by atoms with E-state index in [2.05, 4.69) is 10.6 Å². The summed E-state index contributed by atoms with van der Waals surface area (Å²) in [5.74, 6) is 1.27. The Morgan fingerprint density at radius 3 is 2.52 bits per heavy atom. The summed E-state index contributed by atoms with van der Waals surface area (Å²) in [4.78, 5) is 38.5. The van der Waals surface area contributed by atoms with Gasteiger partial charge in [0.05, 0.1) is 17.3 Å². The largest absolute Gasteiger partial charge is 0.464 e. The normalized spacial score (nSPS) is 14.3. The number of carbonyl (C=O) groups excluding carboxylic acids is 1. The van der Waals surface area contributed by atoms with E-state index in [0.29, 0.717) is 40.6 Å². The maximum atomic E-state index is 12.5. The fourth-order valence-electron chi connectivity index (χ4n) is 3.60. The lowest BCUT2D eigenvalue weighted by Gasteiger charge is -2.21. The van der Waals surface area contributed by atoms with Crippen LogP contribution in [0.3, 0.4) is 0 Å². The minimum Gasteiger partial charge on any atom is -0.464 e. The van der Waals surface area contributed by atoms with E-state index < -0.39 is 10.9 Å². The zero-order chi connectivity index (χ0) is 20.9. The molecule has 7 nitrogen and oxygen atoms in total. The van der Waals surface area contributed by atoms with Gasteiger partial charge in [-0.05, 0) is 37.6 Å². The van der Waals surface area contributed by atoms with Crippen molar-refractivity contribution in [2.75, 3.05) is 17.7 Å². The van der Waals surface area contributed by atoms with Crippen LogP contribution in [0.15, 0.2) is 38.3 Å². The number of halogens is 1. The molecule has 1 atom stereocenters. The van der Waals surface area contributed by atoms with Crippen molar-refractivity contribution >= 4 is 34.6 Å². The zero-order valence-corrected chi connectivity index (χ0v) is 17.0. The molecule has 0 bridgehead atoms. The second-order valence-electron chi connectivity index (χ2n) is 7.20. The van der Waals surface area contributed by atoms with Gasteiger partial charge in [-0.1, -0.05) is 18.5 Å². The van der Waals surface area contributed by atoms with Crippen LogP contribution in [-0.2, 0) is 6.54 Å². The number of hydrogen-bond donors (Lipinski definition) is 2. The Labute approximate surface area is 172 Å². The van der Waals surface area contributed by atoms with E-state index in [1.807, 2.05) is 26.0 Å². The van der Waals surface area contributed by atoms with Crippen LogP contribution in [0.4, 0.5) is 17.1 Å². The molecular formula is C21H20ClN3O4. The van der Waals surface area contributed by atoms with Gasteiger partial charge in [0.25, 0.3) is 16.8 Å². The number of furan rings is 1. The first-order chi connectivity index (χ1) is 13.8. The van der Waals surface area contributed by atoms with Gasteiger partial charge >= 0.3 is 0 Å². The average Bonchev–Trinajstić information content (AvgIpc) is 3.27. The maximum absolute atomic E-state index is 12.5. The highest BCUT2D eigenvalue weighted by molar-refractivity contribution is 6.32. The summed E-state index contributed by atoms with van der Waals surface area (Å²) in [6.07, 6.45) is 0.658. The molecule has 0 spiro atoms. The van der Waals surface area contributed by atoms with E-state index >= 15 is 0 Å². The van der Waals surface area contributed by atoms with E-state index in [1.54, 1.807) is 24.1 Å². The lowest BCUT2D eigenvalue weighted by atomic mass is 10.1. The number of rotatable bonds is 6. The number of nitrogens with zero attached hydrogens (tertiary/aromatic N) is 1. The van der Waals surface area contributed by atoms with Crippen molar-refractivity contribution in [3.63, 3.8) is 0 Å². The van der Waals surface area contributed by atoms with Gasteiger partial charge in [0.2, 0.25) is 0 Å². The average molecular weight is 414 g/mol. The number of fused-ring (bicyclic) bond motifs is 1. The van der Waals surface area contributed by atoms with E-state index in [4.69, 9.17) is 16.0 Å². The number of hydrogen-bond acceptors (Lipinski definition) is 6. The minimum atomic E-state index is -0.625. The number of aryl methyl sites for hydroxylation is 1.